The van der Waals surface area contributed by atoms with Gasteiger partial charge in [0, 0.05) is 92.4 Å². The molecular weight excluding hydrogens is 758 g/mol. The smallest absolute Gasteiger partial charge is 0.257 e. The molecule has 5 aliphatic heterocycles. The standard InChI is InChI=1S/C44H48ClN7O6/c45-37-24-34(9-3-29(37)25-46)57-33-10-4-30(5-11-33)47-41(54)28-1-6-31(7-2-28)50-17-15-27(16-18-50)26-49-19-21-51(22-20-49)32-8-12-35-36(23-32)40-44(58-40)52(43(35)56)38-13-14-39(53)48-42(38)55/h1-3,6-9,12,23-24,27,30,33,38,40,44H,4-5,10-11,13-22,26H2,(H,47,54)(H,48,53,55). The summed E-state index contributed by atoms with van der Waals surface area (Å²) in [5.74, 6) is 0.321. The van der Waals surface area contributed by atoms with E-state index in [1.165, 1.54) is 4.90 Å². The number of amides is 4. The third-order valence-electron chi connectivity index (χ3n) is 12.8. The van der Waals surface area contributed by atoms with Gasteiger partial charge in [0.05, 0.1) is 16.7 Å². The summed E-state index contributed by atoms with van der Waals surface area (Å²) in [4.78, 5) is 59.7. The van der Waals surface area contributed by atoms with Crippen molar-refractivity contribution in [3.05, 3.63) is 87.9 Å². The Morgan fingerprint density at radius 3 is 2.29 bits per heavy atom. The molecule has 1 saturated carbocycles. The summed E-state index contributed by atoms with van der Waals surface area (Å²) in [5.41, 5.74) is 4.81. The number of nitrogens with zero attached hydrogens (tertiary/aromatic N) is 5. The number of nitrogens with one attached hydrogen (secondary N) is 2. The van der Waals surface area contributed by atoms with Crippen LogP contribution in [-0.2, 0) is 14.3 Å². The van der Waals surface area contributed by atoms with Crippen LogP contribution < -0.4 is 25.2 Å². The lowest BCUT2D eigenvalue weighted by Crippen LogP contribution is -2.56. The fourth-order valence-corrected chi connectivity index (χ4v) is 9.65. The molecule has 58 heavy (non-hydrogen) atoms. The van der Waals surface area contributed by atoms with E-state index in [-0.39, 0.29) is 42.4 Å². The Labute approximate surface area is 343 Å². The summed E-state index contributed by atoms with van der Waals surface area (Å²) in [5, 5.41) is 15.1. The molecule has 5 heterocycles. The van der Waals surface area contributed by atoms with Gasteiger partial charge in [-0.25, -0.2) is 0 Å². The van der Waals surface area contributed by atoms with Crippen molar-refractivity contribution in [1.29, 1.82) is 5.26 Å². The Morgan fingerprint density at radius 2 is 1.59 bits per heavy atom. The van der Waals surface area contributed by atoms with Crippen LogP contribution in [-0.4, -0.2) is 104 Å². The number of piperidine rings is 2. The second-order valence-corrected chi connectivity index (χ2v) is 16.9. The molecule has 6 aliphatic rings. The van der Waals surface area contributed by atoms with Gasteiger partial charge in [-0.05, 0) is 105 Å². The number of hydrogen-bond donors (Lipinski definition) is 2. The normalized spacial score (nSPS) is 26.3. The molecular formula is C44H48ClN7O6. The van der Waals surface area contributed by atoms with Crippen molar-refractivity contribution in [2.24, 2.45) is 5.92 Å². The van der Waals surface area contributed by atoms with E-state index in [1.54, 1.807) is 18.2 Å². The maximum absolute atomic E-state index is 13.5. The van der Waals surface area contributed by atoms with Crippen molar-refractivity contribution in [3.63, 3.8) is 0 Å². The fourth-order valence-electron chi connectivity index (χ4n) is 9.44. The van der Waals surface area contributed by atoms with Crippen LogP contribution in [0.4, 0.5) is 11.4 Å². The number of fused-ring (bicyclic) bond motifs is 3. The average molecular weight is 806 g/mol. The Hall–Kier alpha value is -5.16. The molecule has 3 aromatic carbocycles. The van der Waals surface area contributed by atoms with Gasteiger partial charge in [0.2, 0.25) is 11.8 Å². The molecule has 2 N–H and O–H groups in total. The van der Waals surface area contributed by atoms with Crippen molar-refractivity contribution >= 4 is 46.6 Å². The molecule has 1 aliphatic carbocycles. The number of imide groups is 1. The lowest BCUT2D eigenvalue weighted by atomic mass is 9.92. The van der Waals surface area contributed by atoms with Crippen LogP contribution in [0.2, 0.25) is 5.02 Å². The van der Waals surface area contributed by atoms with Gasteiger partial charge in [-0.15, -0.1) is 0 Å². The molecule has 3 aromatic rings. The maximum atomic E-state index is 13.5. The minimum Gasteiger partial charge on any atom is -0.490 e. The van der Waals surface area contributed by atoms with Crippen molar-refractivity contribution in [3.8, 4) is 11.8 Å². The van der Waals surface area contributed by atoms with E-state index >= 15 is 0 Å². The van der Waals surface area contributed by atoms with E-state index in [0.717, 1.165) is 101 Å². The van der Waals surface area contributed by atoms with E-state index in [9.17, 15) is 19.2 Å². The molecule has 302 valence electrons. The van der Waals surface area contributed by atoms with E-state index in [1.807, 2.05) is 24.3 Å². The predicted octanol–water partition coefficient (Wildman–Crippen LogP) is 5.03. The lowest BCUT2D eigenvalue weighted by Gasteiger charge is -2.40. The van der Waals surface area contributed by atoms with Crippen molar-refractivity contribution in [2.45, 2.75) is 81.9 Å². The third-order valence-corrected chi connectivity index (χ3v) is 13.1. The SMILES string of the molecule is N#Cc1ccc(OC2CCC(NC(=O)c3ccc(N4CCC(CN5CCN(c6ccc7c(c6)C6OC6N(C6CCC(=O)NC6=O)C7=O)CC5)CC4)cc3)CC2)cc1Cl. The number of ether oxygens (including phenoxy) is 2. The van der Waals surface area contributed by atoms with Gasteiger partial charge < -0.3 is 24.6 Å². The quantitative estimate of drug-likeness (QED) is 0.223. The first-order valence-electron chi connectivity index (χ1n) is 20.7. The monoisotopic (exact) mass is 805 g/mol. The highest BCUT2D eigenvalue weighted by Crippen LogP contribution is 2.49. The van der Waals surface area contributed by atoms with Crippen molar-refractivity contribution in [1.82, 2.24) is 20.4 Å². The molecule has 0 radical (unpaired) electrons. The molecule has 0 aromatic heterocycles. The number of benzene rings is 3. The highest BCUT2D eigenvalue weighted by Gasteiger charge is 2.56. The molecule has 9 rings (SSSR count). The van der Waals surface area contributed by atoms with Crippen LogP contribution in [0.3, 0.4) is 0 Å². The number of nitriles is 1. The van der Waals surface area contributed by atoms with Gasteiger partial charge >= 0.3 is 0 Å². The van der Waals surface area contributed by atoms with Crippen LogP contribution in [0, 0.1) is 17.2 Å². The van der Waals surface area contributed by atoms with E-state index in [4.69, 9.17) is 26.3 Å². The maximum Gasteiger partial charge on any atom is 0.257 e. The van der Waals surface area contributed by atoms with Crippen LogP contribution in [0.25, 0.3) is 0 Å². The topological polar surface area (TPSA) is 151 Å². The number of hydrogen-bond acceptors (Lipinski definition) is 10. The first kappa shape index (κ1) is 38.4. The minimum atomic E-state index is -0.686. The molecule has 0 spiro atoms. The Bertz CT molecular complexity index is 2120. The van der Waals surface area contributed by atoms with Gasteiger partial charge in [0.1, 0.15) is 24.0 Å². The average Bonchev–Trinajstić information content (AvgIpc) is 4.04. The number of piperazine rings is 1. The highest BCUT2D eigenvalue weighted by molar-refractivity contribution is 6.31. The van der Waals surface area contributed by atoms with Gasteiger partial charge in [-0.1, -0.05) is 11.6 Å². The Balaban J connectivity index is 0.696. The molecule has 0 bridgehead atoms. The minimum absolute atomic E-state index is 0.0423. The molecule has 3 atom stereocenters. The van der Waals surface area contributed by atoms with Gasteiger partial charge in [-0.3, -0.25) is 34.3 Å². The van der Waals surface area contributed by atoms with Gasteiger partial charge in [-0.2, -0.15) is 5.26 Å². The van der Waals surface area contributed by atoms with Crippen LogP contribution >= 0.6 is 11.6 Å². The highest BCUT2D eigenvalue weighted by atomic mass is 35.5. The molecule has 3 unspecified atom stereocenters. The summed E-state index contributed by atoms with van der Waals surface area (Å²) in [6, 6.07) is 20.6. The summed E-state index contributed by atoms with van der Waals surface area (Å²) in [6.07, 6.45) is 5.50. The second-order valence-electron chi connectivity index (χ2n) is 16.5. The lowest BCUT2D eigenvalue weighted by molar-refractivity contribution is -0.137. The molecule has 4 amide bonds. The molecule has 13 nitrogen and oxygen atoms in total. The summed E-state index contributed by atoms with van der Waals surface area (Å²) in [7, 11) is 0. The summed E-state index contributed by atoms with van der Waals surface area (Å²) >= 11 is 6.16. The summed E-state index contributed by atoms with van der Waals surface area (Å²) < 4.78 is 12.0. The summed E-state index contributed by atoms with van der Waals surface area (Å²) in [6.45, 7) is 6.86. The van der Waals surface area contributed by atoms with Crippen LogP contribution in [0.15, 0.2) is 60.7 Å². The third kappa shape index (κ3) is 7.97. The zero-order valence-electron chi connectivity index (χ0n) is 32.4. The predicted molar refractivity (Wildman–Crippen MR) is 217 cm³/mol. The number of anilines is 2. The first-order valence-corrected chi connectivity index (χ1v) is 21.0. The van der Waals surface area contributed by atoms with Crippen LogP contribution in [0.1, 0.15) is 89.3 Å². The van der Waals surface area contributed by atoms with Gasteiger partial charge in [0.25, 0.3) is 11.8 Å². The largest absolute Gasteiger partial charge is 0.490 e. The number of halogens is 1. The van der Waals surface area contributed by atoms with Crippen molar-refractivity contribution < 1.29 is 28.7 Å². The van der Waals surface area contributed by atoms with E-state index in [0.29, 0.717) is 39.8 Å². The number of epoxide rings is 1. The fraction of sp³-hybridized carbons (Fsp3) is 0.477. The van der Waals surface area contributed by atoms with E-state index < -0.39 is 18.2 Å². The number of rotatable bonds is 9. The number of carbonyl (C=O) groups excluding carboxylic acids is 4. The van der Waals surface area contributed by atoms with E-state index in [2.05, 4.69) is 49.6 Å². The zero-order valence-corrected chi connectivity index (χ0v) is 33.2. The second kappa shape index (κ2) is 16.2. The molecule has 4 saturated heterocycles. The van der Waals surface area contributed by atoms with Crippen LogP contribution in [0.5, 0.6) is 5.75 Å². The zero-order chi connectivity index (χ0) is 39.9. The van der Waals surface area contributed by atoms with Crippen molar-refractivity contribution in [2.75, 3.05) is 55.6 Å². The molecule has 5 fully saturated rings. The molecule has 14 heteroatoms. The van der Waals surface area contributed by atoms with Gasteiger partial charge in [0.15, 0.2) is 6.23 Å². The Kier molecular flexibility index (Phi) is 10.7. The Morgan fingerprint density at radius 1 is 0.862 bits per heavy atom. The number of carbonyl (C=O) groups is 4. The first-order chi connectivity index (χ1) is 28.2.